The molecule has 0 spiro atoms. The molecule has 0 aliphatic heterocycles. The van der Waals surface area contributed by atoms with E-state index in [0.29, 0.717) is 18.0 Å². The fourth-order valence-electron chi connectivity index (χ4n) is 1.72. The lowest BCUT2D eigenvalue weighted by Crippen LogP contribution is -2.05. The van der Waals surface area contributed by atoms with Gasteiger partial charge in [-0.1, -0.05) is 12.1 Å². The van der Waals surface area contributed by atoms with Gasteiger partial charge in [0.2, 0.25) is 0 Å². The van der Waals surface area contributed by atoms with E-state index in [0.717, 1.165) is 5.56 Å². The van der Waals surface area contributed by atoms with Crippen molar-refractivity contribution in [2.75, 3.05) is 5.32 Å². The van der Waals surface area contributed by atoms with Gasteiger partial charge in [-0.3, -0.25) is 15.1 Å². The van der Waals surface area contributed by atoms with Crippen molar-refractivity contribution >= 4 is 17.2 Å². The van der Waals surface area contributed by atoms with Crippen LogP contribution in [0.2, 0.25) is 0 Å². The second kappa shape index (κ2) is 4.88. The van der Waals surface area contributed by atoms with E-state index in [9.17, 15) is 10.1 Å². The van der Waals surface area contributed by atoms with Gasteiger partial charge in [0.05, 0.1) is 17.3 Å². The molecule has 0 bridgehead atoms. The molecule has 0 fully saturated rings. The molecule has 9 nitrogen and oxygen atoms in total. The van der Waals surface area contributed by atoms with Crippen molar-refractivity contribution in [1.29, 1.82) is 0 Å². The van der Waals surface area contributed by atoms with Crippen LogP contribution in [-0.4, -0.2) is 29.9 Å². The number of benzene rings is 1. The SMILES string of the molecule is O=[N+]([O-])c1ccc(CNc2cncc3nnnn23)cc1. The first-order valence-corrected chi connectivity index (χ1v) is 5.73. The summed E-state index contributed by atoms with van der Waals surface area (Å²) < 4.78 is 1.53. The summed E-state index contributed by atoms with van der Waals surface area (Å²) in [5, 5.41) is 24.9. The molecule has 3 rings (SSSR count). The van der Waals surface area contributed by atoms with Crippen LogP contribution in [0.3, 0.4) is 0 Å². The second-order valence-corrected chi connectivity index (χ2v) is 4.02. The Morgan fingerprint density at radius 3 is 2.80 bits per heavy atom. The summed E-state index contributed by atoms with van der Waals surface area (Å²) in [5.41, 5.74) is 1.51. The number of nitro benzene ring substituents is 1. The molecule has 9 heteroatoms. The molecule has 2 aromatic heterocycles. The Hall–Kier alpha value is -3.10. The molecule has 0 saturated carbocycles. The third kappa shape index (κ3) is 2.23. The predicted molar refractivity (Wildman–Crippen MR) is 69.0 cm³/mol. The average Bonchev–Trinajstić information content (AvgIpc) is 2.94. The van der Waals surface area contributed by atoms with Gasteiger partial charge in [-0.25, -0.2) is 0 Å². The van der Waals surface area contributed by atoms with Crippen LogP contribution in [0.5, 0.6) is 0 Å². The topological polar surface area (TPSA) is 111 Å². The summed E-state index contributed by atoms with van der Waals surface area (Å²) in [6, 6.07) is 6.32. The minimum atomic E-state index is -0.428. The number of tetrazole rings is 1. The number of nitrogens with one attached hydrogen (secondary N) is 1. The number of hydrogen-bond acceptors (Lipinski definition) is 7. The maximum absolute atomic E-state index is 10.6. The zero-order valence-electron chi connectivity index (χ0n) is 10.2. The van der Waals surface area contributed by atoms with Crippen LogP contribution in [-0.2, 0) is 6.54 Å². The Morgan fingerprint density at radius 2 is 2.05 bits per heavy atom. The Morgan fingerprint density at radius 1 is 1.25 bits per heavy atom. The molecule has 1 aromatic carbocycles. The van der Waals surface area contributed by atoms with Crippen LogP contribution in [0, 0.1) is 10.1 Å². The molecule has 2 heterocycles. The largest absolute Gasteiger partial charge is 0.365 e. The fraction of sp³-hybridized carbons (Fsp3) is 0.0909. The lowest BCUT2D eigenvalue weighted by atomic mass is 10.2. The van der Waals surface area contributed by atoms with E-state index in [1.165, 1.54) is 16.6 Å². The van der Waals surface area contributed by atoms with Crippen molar-refractivity contribution in [1.82, 2.24) is 25.0 Å². The molecule has 0 radical (unpaired) electrons. The second-order valence-electron chi connectivity index (χ2n) is 4.02. The number of nitrogens with zero attached hydrogens (tertiary/aromatic N) is 6. The van der Waals surface area contributed by atoms with Crippen LogP contribution in [0.1, 0.15) is 5.56 Å². The van der Waals surface area contributed by atoms with Crippen molar-refractivity contribution < 1.29 is 4.92 Å². The maximum Gasteiger partial charge on any atom is 0.269 e. The molecule has 0 atom stereocenters. The van der Waals surface area contributed by atoms with Crippen molar-refractivity contribution in [3.05, 3.63) is 52.3 Å². The summed E-state index contributed by atoms with van der Waals surface area (Å²) in [7, 11) is 0. The smallest absolute Gasteiger partial charge is 0.269 e. The number of anilines is 1. The van der Waals surface area contributed by atoms with E-state index in [1.54, 1.807) is 24.5 Å². The van der Waals surface area contributed by atoms with E-state index in [-0.39, 0.29) is 5.69 Å². The van der Waals surface area contributed by atoms with Crippen molar-refractivity contribution in [2.24, 2.45) is 0 Å². The number of fused-ring (bicyclic) bond motifs is 1. The zero-order valence-corrected chi connectivity index (χ0v) is 10.2. The normalized spacial score (nSPS) is 10.6. The molecular formula is C11H9N7O2. The minimum Gasteiger partial charge on any atom is -0.365 e. The number of rotatable bonds is 4. The van der Waals surface area contributed by atoms with E-state index < -0.39 is 4.92 Å². The van der Waals surface area contributed by atoms with Crippen LogP contribution < -0.4 is 5.32 Å². The van der Waals surface area contributed by atoms with Crippen LogP contribution >= 0.6 is 0 Å². The monoisotopic (exact) mass is 271 g/mol. The molecule has 0 unspecified atom stereocenters. The third-order valence-corrected chi connectivity index (χ3v) is 2.73. The highest BCUT2D eigenvalue weighted by molar-refractivity contribution is 5.44. The summed E-state index contributed by atoms with van der Waals surface area (Å²) in [6.45, 7) is 0.485. The quantitative estimate of drug-likeness (QED) is 0.557. The highest BCUT2D eigenvalue weighted by atomic mass is 16.6. The maximum atomic E-state index is 10.6. The molecule has 0 aliphatic carbocycles. The molecule has 0 aliphatic rings. The Kier molecular flexibility index (Phi) is 2.92. The molecule has 100 valence electrons. The molecule has 3 aromatic rings. The van der Waals surface area contributed by atoms with Gasteiger partial charge in [0.1, 0.15) is 0 Å². The van der Waals surface area contributed by atoms with Gasteiger partial charge in [0.25, 0.3) is 5.69 Å². The number of non-ortho nitro benzene ring substituents is 1. The van der Waals surface area contributed by atoms with Crippen LogP contribution in [0.15, 0.2) is 36.7 Å². The van der Waals surface area contributed by atoms with E-state index in [1.807, 2.05) is 0 Å². The molecule has 1 N–H and O–H groups in total. The van der Waals surface area contributed by atoms with Crippen molar-refractivity contribution in [2.45, 2.75) is 6.54 Å². The summed E-state index contributed by atoms with van der Waals surface area (Å²) in [5.74, 6) is 0.644. The molecule has 0 amide bonds. The van der Waals surface area contributed by atoms with E-state index in [2.05, 4.69) is 25.8 Å². The van der Waals surface area contributed by atoms with Gasteiger partial charge in [-0.05, 0) is 16.0 Å². The molecule has 0 saturated heterocycles. The van der Waals surface area contributed by atoms with Crippen LogP contribution in [0.4, 0.5) is 11.5 Å². The average molecular weight is 271 g/mol. The summed E-state index contributed by atoms with van der Waals surface area (Å²) in [6.07, 6.45) is 3.16. The Bertz CT molecular complexity index is 753. The lowest BCUT2D eigenvalue weighted by molar-refractivity contribution is -0.384. The van der Waals surface area contributed by atoms with Gasteiger partial charge in [0.15, 0.2) is 11.5 Å². The van der Waals surface area contributed by atoms with Crippen molar-refractivity contribution in [3.8, 4) is 0 Å². The van der Waals surface area contributed by atoms with E-state index >= 15 is 0 Å². The van der Waals surface area contributed by atoms with Gasteiger partial charge < -0.3 is 5.32 Å². The Balaban J connectivity index is 1.76. The highest BCUT2D eigenvalue weighted by Gasteiger charge is 2.06. The Labute approximate surface area is 112 Å². The standard InChI is InChI=1S/C11H9N7O2/c19-18(20)9-3-1-8(2-4-9)5-13-10-6-12-7-11-14-15-16-17(10)11/h1-4,6-7,13H,5H2. The van der Waals surface area contributed by atoms with Gasteiger partial charge in [-0.15, -0.1) is 5.10 Å². The predicted octanol–water partition coefficient (Wildman–Crippen LogP) is 1.04. The first-order valence-electron chi connectivity index (χ1n) is 5.73. The zero-order chi connectivity index (χ0) is 13.9. The number of nitro groups is 1. The van der Waals surface area contributed by atoms with Gasteiger partial charge in [0, 0.05) is 18.7 Å². The van der Waals surface area contributed by atoms with Crippen molar-refractivity contribution in [3.63, 3.8) is 0 Å². The fourth-order valence-corrected chi connectivity index (χ4v) is 1.72. The summed E-state index contributed by atoms with van der Waals surface area (Å²) >= 11 is 0. The van der Waals surface area contributed by atoms with E-state index in [4.69, 9.17) is 0 Å². The first-order chi connectivity index (χ1) is 9.74. The molecular weight excluding hydrogens is 262 g/mol. The third-order valence-electron chi connectivity index (χ3n) is 2.73. The number of aromatic nitrogens is 5. The lowest BCUT2D eigenvalue weighted by Gasteiger charge is -2.06. The molecule has 20 heavy (non-hydrogen) atoms. The van der Waals surface area contributed by atoms with Gasteiger partial charge >= 0.3 is 0 Å². The number of hydrogen-bond donors (Lipinski definition) is 1. The van der Waals surface area contributed by atoms with Gasteiger partial charge in [-0.2, -0.15) is 4.52 Å². The first kappa shape index (κ1) is 12.0. The highest BCUT2D eigenvalue weighted by Crippen LogP contribution is 2.13. The summed E-state index contributed by atoms with van der Waals surface area (Å²) in [4.78, 5) is 14.2. The van der Waals surface area contributed by atoms with Crippen LogP contribution in [0.25, 0.3) is 5.65 Å². The minimum absolute atomic E-state index is 0.0676.